The molecule has 0 spiro atoms. The summed E-state index contributed by atoms with van der Waals surface area (Å²) in [6.07, 6.45) is 3.20. The number of aryl methyl sites for hydroxylation is 1. The summed E-state index contributed by atoms with van der Waals surface area (Å²) in [6.45, 7) is 4.02. The third-order valence-corrected chi connectivity index (χ3v) is 4.68. The van der Waals surface area contributed by atoms with Crippen LogP contribution in [0, 0.1) is 0 Å². The van der Waals surface area contributed by atoms with Gasteiger partial charge in [-0.1, -0.05) is 30.7 Å². The standard InChI is InChI=1S/C19H18N2O5S.H2/c1-3-5-11-6-7-14-12(8-11)9-13(17(23)26-14)16(22)21-19-20-10-15(27-19)18(24)25-4-2;/h6-10H,3-5H2,1-2H3,(H,20,21,22);1H. The molecule has 0 saturated heterocycles. The third kappa shape index (κ3) is 4.22. The van der Waals surface area contributed by atoms with Crippen LogP contribution in [-0.4, -0.2) is 23.5 Å². The highest BCUT2D eigenvalue weighted by molar-refractivity contribution is 7.17. The van der Waals surface area contributed by atoms with Crippen LogP contribution in [-0.2, 0) is 11.2 Å². The van der Waals surface area contributed by atoms with Crippen molar-refractivity contribution in [3.05, 3.63) is 56.9 Å². The lowest BCUT2D eigenvalue weighted by molar-refractivity contribution is 0.0531. The Morgan fingerprint density at radius 3 is 2.85 bits per heavy atom. The molecule has 0 atom stereocenters. The zero-order chi connectivity index (χ0) is 19.4. The number of hydrogen-bond donors (Lipinski definition) is 1. The average Bonchev–Trinajstić information content (AvgIpc) is 3.10. The van der Waals surface area contributed by atoms with Crippen LogP contribution in [0.4, 0.5) is 5.13 Å². The first kappa shape index (κ1) is 18.8. The minimum Gasteiger partial charge on any atom is -0.462 e. The summed E-state index contributed by atoms with van der Waals surface area (Å²) in [5.74, 6) is -1.15. The van der Waals surface area contributed by atoms with Crippen molar-refractivity contribution in [2.24, 2.45) is 0 Å². The maximum atomic E-state index is 12.5. The first-order valence-corrected chi connectivity index (χ1v) is 9.34. The second-order valence-electron chi connectivity index (χ2n) is 5.77. The number of fused-ring (bicyclic) bond motifs is 1. The number of benzene rings is 1. The predicted molar refractivity (Wildman–Crippen MR) is 105 cm³/mol. The average molecular weight is 388 g/mol. The topological polar surface area (TPSA) is 98.5 Å². The molecule has 27 heavy (non-hydrogen) atoms. The lowest BCUT2D eigenvalue weighted by Crippen LogP contribution is -2.20. The Bertz CT molecular complexity index is 1060. The molecule has 2 heterocycles. The quantitative estimate of drug-likeness (QED) is 0.508. The van der Waals surface area contributed by atoms with E-state index in [-0.39, 0.29) is 23.6 Å². The molecular weight excluding hydrogens is 368 g/mol. The molecule has 1 N–H and O–H groups in total. The third-order valence-electron chi connectivity index (χ3n) is 3.78. The van der Waals surface area contributed by atoms with Gasteiger partial charge in [0.05, 0.1) is 12.8 Å². The van der Waals surface area contributed by atoms with Crippen LogP contribution in [0.25, 0.3) is 11.0 Å². The Balaban J connectivity index is 0.00000280. The molecule has 0 bridgehead atoms. The van der Waals surface area contributed by atoms with Crippen LogP contribution in [0.2, 0.25) is 0 Å². The van der Waals surface area contributed by atoms with Crippen LogP contribution in [0.15, 0.2) is 39.7 Å². The monoisotopic (exact) mass is 388 g/mol. The van der Waals surface area contributed by atoms with Gasteiger partial charge >= 0.3 is 11.6 Å². The number of aromatic nitrogens is 1. The maximum Gasteiger partial charge on any atom is 0.350 e. The molecule has 0 saturated carbocycles. The zero-order valence-electron chi connectivity index (χ0n) is 14.9. The molecule has 3 aromatic rings. The van der Waals surface area contributed by atoms with Gasteiger partial charge < -0.3 is 9.15 Å². The van der Waals surface area contributed by atoms with E-state index in [1.165, 1.54) is 12.3 Å². The van der Waals surface area contributed by atoms with E-state index in [1.807, 2.05) is 12.1 Å². The number of nitrogens with one attached hydrogen (secondary N) is 1. The highest BCUT2D eigenvalue weighted by Crippen LogP contribution is 2.21. The van der Waals surface area contributed by atoms with E-state index in [2.05, 4.69) is 17.2 Å². The van der Waals surface area contributed by atoms with Gasteiger partial charge in [0.1, 0.15) is 16.0 Å². The first-order chi connectivity index (χ1) is 13.0. The Morgan fingerprint density at radius 2 is 2.11 bits per heavy atom. The molecule has 0 aliphatic rings. The summed E-state index contributed by atoms with van der Waals surface area (Å²) in [6, 6.07) is 7.05. The van der Waals surface area contributed by atoms with Crippen LogP contribution in [0.3, 0.4) is 0 Å². The van der Waals surface area contributed by atoms with Gasteiger partial charge in [-0.05, 0) is 37.1 Å². The van der Waals surface area contributed by atoms with E-state index in [1.54, 1.807) is 13.0 Å². The number of hydrogen-bond acceptors (Lipinski definition) is 7. The number of esters is 1. The number of ether oxygens (including phenoxy) is 1. The van der Waals surface area contributed by atoms with Crippen molar-refractivity contribution in [2.45, 2.75) is 26.7 Å². The molecule has 142 valence electrons. The lowest BCUT2D eigenvalue weighted by Gasteiger charge is -2.04. The number of amides is 1. The van der Waals surface area contributed by atoms with Crippen molar-refractivity contribution in [3.63, 3.8) is 0 Å². The molecule has 2 aromatic heterocycles. The summed E-state index contributed by atoms with van der Waals surface area (Å²) < 4.78 is 10.1. The largest absolute Gasteiger partial charge is 0.462 e. The number of anilines is 1. The van der Waals surface area contributed by atoms with E-state index in [9.17, 15) is 14.4 Å². The number of carbonyl (C=O) groups is 2. The minimum atomic E-state index is -0.731. The van der Waals surface area contributed by atoms with E-state index in [4.69, 9.17) is 9.15 Å². The summed E-state index contributed by atoms with van der Waals surface area (Å²) in [5.41, 5.74) is 0.675. The van der Waals surface area contributed by atoms with Crippen molar-refractivity contribution in [3.8, 4) is 0 Å². The summed E-state index contributed by atoms with van der Waals surface area (Å²) in [7, 11) is 0. The second kappa shape index (κ2) is 8.13. The Labute approximate surface area is 160 Å². The van der Waals surface area contributed by atoms with Crippen LogP contribution < -0.4 is 10.9 Å². The second-order valence-corrected chi connectivity index (χ2v) is 6.80. The molecule has 0 radical (unpaired) electrons. The fourth-order valence-corrected chi connectivity index (χ4v) is 3.27. The van der Waals surface area contributed by atoms with Crippen molar-refractivity contribution >= 4 is 39.3 Å². The first-order valence-electron chi connectivity index (χ1n) is 8.53. The molecule has 1 aromatic carbocycles. The molecule has 0 unspecified atom stereocenters. The van der Waals surface area contributed by atoms with Gasteiger partial charge in [0.15, 0.2) is 5.13 Å². The van der Waals surface area contributed by atoms with Gasteiger partial charge in [0, 0.05) is 6.81 Å². The fourth-order valence-electron chi connectivity index (χ4n) is 2.57. The van der Waals surface area contributed by atoms with Crippen molar-refractivity contribution in [1.29, 1.82) is 0 Å². The molecule has 0 fully saturated rings. The van der Waals surface area contributed by atoms with E-state index < -0.39 is 17.5 Å². The van der Waals surface area contributed by atoms with Gasteiger partial charge in [0.2, 0.25) is 0 Å². The smallest absolute Gasteiger partial charge is 0.350 e. The van der Waals surface area contributed by atoms with Crippen molar-refractivity contribution in [2.75, 3.05) is 11.9 Å². The molecule has 3 rings (SSSR count). The minimum absolute atomic E-state index is 0. The fraction of sp³-hybridized carbons (Fsp3) is 0.263. The van der Waals surface area contributed by atoms with Crippen LogP contribution >= 0.6 is 11.3 Å². The SMILES string of the molecule is CCCc1ccc2oc(=O)c(C(=O)Nc3ncc(C(=O)OCC)s3)cc2c1.[HH]. The van der Waals surface area contributed by atoms with Crippen molar-refractivity contribution < 1.29 is 20.2 Å². The van der Waals surface area contributed by atoms with Gasteiger partial charge in [-0.25, -0.2) is 14.6 Å². The Morgan fingerprint density at radius 1 is 1.30 bits per heavy atom. The number of rotatable bonds is 6. The van der Waals surface area contributed by atoms with E-state index in [0.29, 0.717) is 11.0 Å². The zero-order valence-corrected chi connectivity index (χ0v) is 15.7. The molecule has 0 aliphatic carbocycles. The molecule has 8 heteroatoms. The van der Waals surface area contributed by atoms with Crippen molar-refractivity contribution in [1.82, 2.24) is 4.98 Å². The maximum absolute atomic E-state index is 12.5. The molecule has 1 amide bonds. The van der Waals surface area contributed by atoms with E-state index in [0.717, 1.165) is 29.7 Å². The summed E-state index contributed by atoms with van der Waals surface area (Å²) in [4.78, 5) is 40.5. The molecular formula is C19H20N2O5S. The number of thiazole rings is 1. The number of nitrogens with zero attached hydrogens (tertiary/aromatic N) is 1. The lowest BCUT2D eigenvalue weighted by atomic mass is 10.1. The molecule has 0 aliphatic heterocycles. The van der Waals surface area contributed by atoms with Gasteiger partial charge in [0.25, 0.3) is 5.91 Å². The van der Waals surface area contributed by atoms with E-state index >= 15 is 0 Å². The number of carbonyl (C=O) groups excluding carboxylic acids is 2. The normalized spacial score (nSPS) is 10.7. The van der Waals surface area contributed by atoms with Crippen LogP contribution in [0.1, 0.15) is 47.3 Å². The highest BCUT2D eigenvalue weighted by atomic mass is 32.1. The van der Waals surface area contributed by atoms with Gasteiger partial charge in [-0.2, -0.15) is 0 Å². The summed E-state index contributed by atoms with van der Waals surface area (Å²) >= 11 is 0.972. The molecule has 7 nitrogen and oxygen atoms in total. The Hall–Kier alpha value is -3.00. The van der Waals surface area contributed by atoms with Gasteiger partial charge in [-0.3, -0.25) is 10.1 Å². The predicted octanol–water partition coefficient (Wildman–Crippen LogP) is 3.88. The van der Waals surface area contributed by atoms with Gasteiger partial charge in [-0.15, -0.1) is 0 Å². The Kier molecular flexibility index (Phi) is 5.66. The summed E-state index contributed by atoms with van der Waals surface area (Å²) in [5, 5.41) is 3.40. The van der Waals surface area contributed by atoms with Crippen LogP contribution in [0.5, 0.6) is 0 Å². The highest BCUT2D eigenvalue weighted by Gasteiger charge is 2.17.